The summed E-state index contributed by atoms with van der Waals surface area (Å²) in [7, 11) is -3.49. The van der Waals surface area contributed by atoms with Gasteiger partial charge in [-0.15, -0.1) is 0 Å². The molecule has 4 rings (SSSR count). The first-order valence-electron chi connectivity index (χ1n) is 10.1. The average Bonchev–Trinajstić information content (AvgIpc) is 3.13. The van der Waals surface area contributed by atoms with Crippen molar-refractivity contribution in [2.45, 2.75) is 55.4 Å². The van der Waals surface area contributed by atoms with Gasteiger partial charge in [-0.3, -0.25) is 4.31 Å². The van der Waals surface area contributed by atoms with Crippen LogP contribution in [0.3, 0.4) is 0 Å². The van der Waals surface area contributed by atoms with Crippen LogP contribution in [0.2, 0.25) is 0 Å². The zero-order valence-corrected chi connectivity index (χ0v) is 17.6. The summed E-state index contributed by atoms with van der Waals surface area (Å²) in [6, 6.07) is 7.91. The number of fused-ring (bicyclic) bond motifs is 1. The van der Waals surface area contributed by atoms with Gasteiger partial charge in [0.05, 0.1) is 5.69 Å². The fourth-order valence-electron chi connectivity index (χ4n) is 4.52. The van der Waals surface area contributed by atoms with Gasteiger partial charge in [0.1, 0.15) is 4.75 Å². The number of rotatable bonds is 5. The van der Waals surface area contributed by atoms with E-state index in [2.05, 4.69) is 6.08 Å². The zero-order chi connectivity index (χ0) is 18.9. The van der Waals surface area contributed by atoms with Crippen molar-refractivity contribution in [1.82, 2.24) is 0 Å². The van der Waals surface area contributed by atoms with E-state index in [1.165, 1.54) is 32.1 Å². The molecule has 3 aliphatic rings. The average molecular weight is 404 g/mol. The van der Waals surface area contributed by atoms with Crippen LogP contribution in [0.25, 0.3) is 0 Å². The molecule has 0 amide bonds. The van der Waals surface area contributed by atoms with Crippen molar-refractivity contribution in [2.75, 3.05) is 16.6 Å². The molecule has 1 heterocycles. The molecule has 1 aliphatic heterocycles. The van der Waals surface area contributed by atoms with Gasteiger partial charge in [0.2, 0.25) is 10.0 Å². The Balaban J connectivity index is 1.57. The molecule has 1 aromatic rings. The van der Waals surface area contributed by atoms with Crippen LogP contribution >= 0.6 is 11.8 Å². The number of para-hydroxylation sites is 1. The van der Waals surface area contributed by atoms with Crippen LogP contribution in [0, 0.1) is 5.92 Å². The molecule has 1 saturated carbocycles. The standard InChI is InChI=1S/C22H29NO2S2/c1-22(27(24,25)23-16-14-18-9-5-6-13-21(18)23)15-8-7-10-19(22)17-26-20-11-3-2-4-12-20/h5-10,13,15,19-20H,2-4,11-12,14,16-17H2,1H3. The van der Waals surface area contributed by atoms with Gasteiger partial charge in [0.25, 0.3) is 0 Å². The first-order chi connectivity index (χ1) is 13.0. The first kappa shape index (κ1) is 19.1. The van der Waals surface area contributed by atoms with Crippen LogP contribution < -0.4 is 4.31 Å². The van der Waals surface area contributed by atoms with Gasteiger partial charge in [-0.05, 0) is 37.8 Å². The zero-order valence-electron chi connectivity index (χ0n) is 16.0. The minimum Gasteiger partial charge on any atom is -0.269 e. The van der Waals surface area contributed by atoms with Gasteiger partial charge >= 0.3 is 0 Å². The van der Waals surface area contributed by atoms with Gasteiger partial charge in [-0.1, -0.05) is 61.8 Å². The molecule has 0 aromatic heterocycles. The normalized spacial score (nSPS) is 28.5. The van der Waals surface area contributed by atoms with Crippen molar-refractivity contribution in [1.29, 1.82) is 0 Å². The SMILES string of the molecule is CC1(S(=O)(=O)N2CCc3ccccc32)C=CC=CC1CSC1CCCCC1. The third-order valence-electron chi connectivity index (χ3n) is 6.37. The van der Waals surface area contributed by atoms with Crippen molar-refractivity contribution >= 4 is 27.5 Å². The summed E-state index contributed by atoms with van der Waals surface area (Å²) in [6.07, 6.45) is 15.3. The molecule has 0 saturated heterocycles. The van der Waals surface area contributed by atoms with Gasteiger partial charge in [0.15, 0.2) is 0 Å². The summed E-state index contributed by atoms with van der Waals surface area (Å²) in [4.78, 5) is 0. The maximum Gasteiger partial charge on any atom is 0.244 e. The maximum absolute atomic E-state index is 13.8. The number of benzene rings is 1. The molecule has 1 aromatic carbocycles. The van der Waals surface area contributed by atoms with E-state index in [1.54, 1.807) is 4.31 Å². The highest BCUT2D eigenvalue weighted by Gasteiger charge is 2.48. The number of nitrogens with zero attached hydrogens (tertiary/aromatic N) is 1. The monoisotopic (exact) mass is 403 g/mol. The Hall–Kier alpha value is -1.20. The van der Waals surface area contributed by atoms with Gasteiger partial charge in [-0.25, -0.2) is 8.42 Å². The largest absolute Gasteiger partial charge is 0.269 e. The minimum atomic E-state index is -3.49. The highest BCUT2D eigenvalue weighted by atomic mass is 32.2. The van der Waals surface area contributed by atoms with Crippen molar-refractivity contribution in [3.8, 4) is 0 Å². The van der Waals surface area contributed by atoms with Crippen LogP contribution in [-0.2, 0) is 16.4 Å². The van der Waals surface area contributed by atoms with Crippen LogP contribution in [0.5, 0.6) is 0 Å². The summed E-state index contributed by atoms with van der Waals surface area (Å²) in [5, 5.41) is 0.692. The molecule has 0 radical (unpaired) electrons. The summed E-state index contributed by atoms with van der Waals surface area (Å²) < 4.78 is 28.3. The Bertz CT molecular complexity index is 840. The predicted octanol–water partition coefficient (Wildman–Crippen LogP) is 4.95. The quantitative estimate of drug-likeness (QED) is 0.698. The van der Waals surface area contributed by atoms with Crippen molar-refractivity contribution in [2.24, 2.45) is 5.92 Å². The molecular weight excluding hydrogens is 374 g/mol. The molecule has 0 spiro atoms. The summed E-state index contributed by atoms with van der Waals surface area (Å²) in [5.74, 6) is 0.878. The van der Waals surface area contributed by atoms with E-state index >= 15 is 0 Å². The van der Waals surface area contributed by atoms with E-state index in [9.17, 15) is 8.42 Å². The smallest absolute Gasteiger partial charge is 0.244 e. The minimum absolute atomic E-state index is 0.00666. The summed E-state index contributed by atoms with van der Waals surface area (Å²) in [6.45, 7) is 2.46. The number of hydrogen-bond acceptors (Lipinski definition) is 3. The van der Waals surface area contributed by atoms with E-state index in [1.807, 2.05) is 61.2 Å². The Morgan fingerprint density at radius 1 is 1.15 bits per heavy atom. The lowest BCUT2D eigenvalue weighted by Crippen LogP contribution is -2.50. The molecule has 2 unspecified atom stereocenters. The molecule has 0 N–H and O–H groups in total. The lowest BCUT2D eigenvalue weighted by atomic mass is 9.90. The molecule has 5 heteroatoms. The Morgan fingerprint density at radius 2 is 1.93 bits per heavy atom. The van der Waals surface area contributed by atoms with Crippen LogP contribution in [0.4, 0.5) is 5.69 Å². The highest BCUT2D eigenvalue weighted by Crippen LogP contribution is 2.42. The van der Waals surface area contributed by atoms with E-state index in [0.29, 0.717) is 11.8 Å². The van der Waals surface area contributed by atoms with Crippen LogP contribution in [0.1, 0.15) is 44.6 Å². The molecule has 1 fully saturated rings. The van der Waals surface area contributed by atoms with Gasteiger partial charge in [-0.2, -0.15) is 11.8 Å². The number of allylic oxidation sites excluding steroid dienone is 3. The highest BCUT2D eigenvalue weighted by molar-refractivity contribution is 8.00. The molecule has 27 heavy (non-hydrogen) atoms. The predicted molar refractivity (Wildman–Crippen MR) is 116 cm³/mol. The number of sulfonamides is 1. The van der Waals surface area contributed by atoms with E-state index in [4.69, 9.17) is 0 Å². The second-order valence-corrected chi connectivity index (χ2v) is 11.7. The number of thioether (sulfide) groups is 1. The first-order valence-corrected chi connectivity index (χ1v) is 12.6. The number of hydrogen-bond donors (Lipinski definition) is 0. The molecule has 0 bridgehead atoms. The topological polar surface area (TPSA) is 37.4 Å². The Morgan fingerprint density at radius 3 is 2.74 bits per heavy atom. The molecule has 3 nitrogen and oxygen atoms in total. The third-order valence-corrected chi connectivity index (χ3v) is 10.4. The second-order valence-electron chi connectivity index (χ2n) is 8.08. The number of anilines is 1. The van der Waals surface area contributed by atoms with Crippen molar-refractivity contribution < 1.29 is 8.42 Å². The molecule has 2 atom stereocenters. The fraction of sp³-hybridized carbons (Fsp3) is 0.545. The van der Waals surface area contributed by atoms with E-state index in [-0.39, 0.29) is 5.92 Å². The summed E-state index contributed by atoms with van der Waals surface area (Å²) >= 11 is 1.98. The molecular formula is C22H29NO2S2. The lowest BCUT2D eigenvalue weighted by molar-refractivity contribution is 0.505. The van der Waals surface area contributed by atoms with Gasteiger partial charge in [0, 0.05) is 23.5 Å². The molecule has 146 valence electrons. The van der Waals surface area contributed by atoms with Crippen LogP contribution in [0.15, 0.2) is 48.6 Å². The second kappa shape index (κ2) is 7.67. The lowest BCUT2D eigenvalue weighted by Gasteiger charge is -2.39. The van der Waals surface area contributed by atoms with Crippen LogP contribution in [-0.4, -0.2) is 30.7 Å². The molecule has 2 aliphatic carbocycles. The van der Waals surface area contributed by atoms with E-state index in [0.717, 1.165) is 23.4 Å². The Labute approximate surface area is 168 Å². The Kier molecular flexibility index (Phi) is 5.43. The van der Waals surface area contributed by atoms with E-state index < -0.39 is 14.8 Å². The van der Waals surface area contributed by atoms with Crippen molar-refractivity contribution in [3.63, 3.8) is 0 Å². The maximum atomic E-state index is 13.8. The van der Waals surface area contributed by atoms with Gasteiger partial charge < -0.3 is 0 Å². The summed E-state index contributed by atoms with van der Waals surface area (Å²) in [5.41, 5.74) is 1.99. The fourth-order valence-corrected chi connectivity index (χ4v) is 8.27. The van der Waals surface area contributed by atoms with Crippen molar-refractivity contribution in [3.05, 3.63) is 54.1 Å². The third kappa shape index (κ3) is 3.49.